The molecule has 8 nitrogen and oxygen atoms in total. The van der Waals surface area contributed by atoms with E-state index in [-0.39, 0.29) is 12.4 Å². The topological polar surface area (TPSA) is 95.5 Å². The Labute approximate surface area is 195 Å². The number of nitrogens with one attached hydrogen (secondary N) is 1. The molecule has 0 aromatic heterocycles. The number of carbonyl (C=O) groups is 2. The molecule has 1 amide bonds. The second-order valence-corrected chi connectivity index (χ2v) is 7.00. The van der Waals surface area contributed by atoms with Gasteiger partial charge in [0.25, 0.3) is 5.91 Å². The molecule has 3 aromatic carbocycles. The molecule has 0 aliphatic rings. The van der Waals surface area contributed by atoms with E-state index in [1.807, 2.05) is 0 Å². The molecule has 170 valence electrons. The summed E-state index contributed by atoms with van der Waals surface area (Å²) in [7, 11) is 3.02. The van der Waals surface area contributed by atoms with Gasteiger partial charge in [-0.05, 0) is 72.3 Å². The van der Waals surface area contributed by atoms with Crippen LogP contribution in [0.5, 0.6) is 23.0 Å². The van der Waals surface area contributed by atoms with E-state index >= 15 is 0 Å². The van der Waals surface area contributed by atoms with E-state index in [1.54, 1.807) is 73.8 Å². The molecule has 0 saturated heterocycles. The predicted molar refractivity (Wildman–Crippen MR) is 124 cm³/mol. The number of hydrogen-bond donors (Lipinski definition) is 1. The van der Waals surface area contributed by atoms with Crippen LogP contribution in [0, 0.1) is 0 Å². The lowest BCUT2D eigenvalue weighted by atomic mass is 10.2. The van der Waals surface area contributed by atoms with Crippen LogP contribution >= 0.6 is 11.6 Å². The highest BCUT2D eigenvalue weighted by Gasteiger charge is 2.13. The van der Waals surface area contributed by atoms with Crippen LogP contribution in [-0.2, 0) is 4.79 Å². The Kier molecular flexibility index (Phi) is 8.26. The number of methoxy groups -OCH3 is 2. The number of rotatable bonds is 9. The van der Waals surface area contributed by atoms with Crippen LogP contribution in [0.15, 0.2) is 71.8 Å². The van der Waals surface area contributed by atoms with Crippen LogP contribution in [0.1, 0.15) is 15.9 Å². The number of hydrazone groups is 1. The number of benzene rings is 3. The molecule has 0 saturated carbocycles. The van der Waals surface area contributed by atoms with E-state index in [9.17, 15) is 9.59 Å². The molecule has 0 unspecified atom stereocenters. The third kappa shape index (κ3) is 6.98. The Hall–Kier alpha value is -4.04. The molecular formula is C24H21ClN2O6. The summed E-state index contributed by atoms with van der Waals surface area (Å²) in [5.41, 5.74) is 3.35. The molecule has 0 aliphatic carbocycles. The second kappa shape index (κ2) is 11.5. The highest BCUT2D eigenvalue weighted by Crippen LogP contribution is 2.28. The fourth-order valence-electron chi connectivity index (χ4n) is 2.63. The SMILES string of the molecule is COc1ccc(OCC(=O)NN=Cc2ccc(OC(=O)c3ccc(Cl)cc3)c(OC)c2)cc1. The average Bonchev–Trinajstić information content (AvgIpc) is 2.84. The number of ether oxygens (including phenoxy) is 4. The van der Waals surface area contributed by atoms with Gasteiger partial charge in [-0.1, -0.05) is 11.6 Å². The smallest absolute Gasteiger partial charge is 0.343 e. The maximum Gasteiger partial charge on any atom is 0.343 e. The van der Waals surface area contributed by atoms with Crippen molar-refractivity contribution in [1.82, 2.24) is 5.43 Å². The Bertz CT molecular complexity index is 1130. The standard InChI is InChI=1S/C24H21ClN2O6/c1-30-19-8-10-20(11-9-19)32-15-23(28)27-26-14-16-3-12-21(22(13-16)31-2)33-24(29)17-4-6-18(25)7-5-17/h3-14H,15H2,1-2H3,(H,27,28). The molecule has 33 heavy (non-hydrogen) atoms. The van der Waals surface area contributed by atoms with Crippen LogP contribution in [0.3, 0.4) is 0 Å². The van der Waals surface area contributed by atoms with Gasteiger partial charge in [0.05, 0.1) is 26.0 Å². The fraction of sp³-hybridized carbons (Fsp3) is 0.125. The third-order valence-corrected chi connectivity index (χ3v) is 4.55. The molecule has 0 radical (unpaired) electrons. The molecule has 1 N–H and O–H groups in total. The van der Waals surface area contributed by atoms with Gasteiger partial charge in [-0.25, -0.2) is 10.2 Å². The van der Waals surface area contributed by atoms with Crippen molar-refractivity contribution in [2.45, 2.75) is 0 Å². The number of halogens is 1. The zero-order chi connectivity index (χ0) is 23.6. The summed E-state index contributed by atoms with van der Waals surface area (Å²) in [6.07, 6.45) is 1.43. The summed E-state index contributed by atoms with van der Waals surface area (Å²) in [6.45, 7) is -0.202. The van der Waals surface area contributed by atoms with E-state index < -0.39 is 11.9 Å². The number of nitrogens with zero attached hydrogens (tertiary/aromatic N) is 1. The maximum absolute atomic E-state index is 12.3. The predicted octanol–water partition coefficient (Wildman–Crippen LogP) is 4.11. The van der Waals surface area contributed by atoms with Gasteiger partial charge in [-0.2, -0.15) is 5.10 Å². The highest BCUT2D eigenvalue weighted by molar-refractivity contribution is 6.30. The van der Waals surface area contributed by atoms with Crippen LogP contribution in [0.2, 0.25) is 5.02 Å². The van der Waals surface area contributed by atoms with E-state index in [2.05, 4.69) is 10.5 Å². The van der Waals surface area contributed by atoms with Gasteiger partial charge in [0.15, 0.2) is 18.1 Å². The van der Waals surface area contributed by atoms with Gasteiger partial charge in [0, 0.05) is 5.02 Å². The van der Waals surface area contributed by atoms with Crippen LogP contribution in [0.4, 0.5) is 0 Å². The van der Waals surface area contributed by atoms with Gasteiger partial charge in [0.2, 0.25) is 0 Å². The molecule has 0 aliphatic heterocycles. The number of amides is 1. The van der Waals surface area contributed by atoms with Crippen molar-refractivity contribution < 1.29 is 28.5 Å². The first kappa shape index (κ1) is 23.6. The van der Waals surface area contributed by atoms with Crippen LogP contribution in [0.25, 0.3) is 0 Å². The summed E-state index contributed by atoms with van der Waals surface area (Å²) in [4.78, 5) is 24.2. The average molecular weight is 469 g/mol. The number of hydrogen-bond acceptors (Lipinski definition) is 7. The second-order valence-electron chi connectivity index (χ2n) is 6.56. The van der Waals surface area contributed by atoms with Crippen molar-refractivity contribution in [3.63, 3.8) is 0 Å². The Balaban J connectivity index is 1.54. The Morgan fingerprint density at radius 2 is 1.61 bits per heavy atom. The summed E-state index contributed by atoms with van der Waals surface area (Å²) in [5, 5.41) is 4.42. The van der Waals surface area contributed by atoms with Gasteiger partial charge < -0.3 is 18.9 Å². The fourth-order valence-corrected chi connectivity index (χ4v) is 2.75. The molecule has 0 spiro atoms. The minimum Gasteiger partial charge on any atom is -0.497 e. The molecule has 0 fully saturated rings. The van der Waals surface area contributed by atoms with Gasteiger partial charge >= 0.3 is 5.97 Å². The summed E-state index contributed by atoms with van der Waals surface area (Å²) in [6, 6.07) is 18.1. The maximum atomic E-state index is 12.3. The van der Waals surface area contributed by atoms with E-state index in [0.29, 0.717) is 33.4 Å². The molecule has 0 bridgehead atoms. The van der Waals surface area contributed by atoms with Crippen molar-refractivity contribution in [3.05, 3.63) is 82.9 Å². The quantitative estimate of drug-likeness (QED) is 0.220. The van der Waals surface area contributed by atoms with Gasteiger partial charge in [-0.15, -0.1) is 0 Å². The van der Waals surface area contributed by atoms with Gasteiger partial charge in [0.1, 0.15) is 11.5 Å². The molecule has 0 atom stereocenters. The summed E-state index contributed by atoms with van der Waals surface area (Å²) in [5.74, 6) is 0.820. The first-order valence-electron chi connectivity index (χ1n) is 9.73. The van der Waals surface area contributed by atoms with Crippen LogP contribution < -0.4 is 24.4 Å². The minimum absolute atomic E-state index is 0.202. The van der Waals surface area contributed by atoms with E-state index in [0.717, 1.165) is 0 Å². The Morgan fingerprint density at radius 3 is 2.27 bits per heavy atom. The first-order chi connectivity index (χ1) is 16.0. The van der Waals surface area contributed by atoms with Crippen molar-refractivity contribution in [2.75, 3.05) is 20.8 Å². The van der Waals surface area contributed by atoms with E-state index in [4.69, 9.17) is 30.5 Å². The number of esters is 1. The van der Waals surface area contributed by atoms with Crippen molar-refractivity contribution in [2.24, 2.45) is 5.10 Å². The third-order valence-electron chi connectivity index (χ3n) is 4.30. The van der Waals surface area contributed by atoms with Crippen molar-refractivity contribution in [3.8, 4) is 23.0 Å². The van der Waals surface area contributed by atoms with Gasteiger partial charge in [-0.3, -0.25) is 4.79 Å². The lowest BCUT2D eigenvalue weighted by Crippen LogP contribution is -2.24. The zero-order valence-corrected chi connectivity index (χ0v) is 18.7. The largest absolute Gasteiger partial charge is 0.497 e. The van der Waals surface area contributed by atoms with Crippen LogP contribution in [-0.4, -0.2) is 38.9 Å². The van der Waals surface area contributed by atoms with Crippen molar-refractivity contribution in [1.29, 1.82) is 0 Å². The molecule has 3 aromatic rings. The first-order valence-corrected chi connectivity index (χ1v) is 10.1. The summed E-state index contributed by atoms with van der Waals surface area (Å²) >= 11 is 5.84. The normalized spacial score (nSPS) is 10.5. The summed E-state index contributed by atoms with van der Waals surface area (Å²) < 4.78 is 21.1. The monoisotopic (exact) mass is 468 g/mol. The molecular weight excluding hydrogens is 448 g/mol. The van der Waals surface area contributed by atoms with E-state index in [1.165, 1.54) is 13.3 Å². The number of carbonyl (C=O) groups excluding carboxylic acids is 2. The Morgan fingerprint density at radius 1 is 0.909 bits per heavy atom. The molecule has 0 heterocycles. The van der Waals surface area contributed by atoms with Crippen molar-refractivity contribution >= 4 is 29.7 Å². The zero-order valence-electron chi connectivity index (χ0n) is 17.9. The highest BCUT2D eigenvalue weighted by atomic mass is 35.5. The molecule has 3 rings (SSSR count). The minimum atomic E-state index is -0.546. The molecule has 9 heteroatoms. The lowest BCUT2D eigenvalue weighted by molar-refractivity contribution is -0.123. The lowest BCUT2D eigenvalue weighted by Gasteiger charge is -2.10.